The van der Waals surface area contributed by atoms with E-state index in [-0.39, 0.29) is 15.8 Å². The number of nitrogens with one attached hydrogen (secondary N) is 2. The number of sulfonamides is 1. The van der Waals surface area contributed by atoms with Crippen molar-refractivity contribution in [3.63, 3.8) is 0 Å². The van der Waals surface area contributed by atoms with Gasteiger partial charge >= 0.3 is 0 Å². The fraction of sp³-hybridized carbons (Fsp3) is 0.320. The number of carbonyl (C=O) groups is 1. The number of methoxy groups -OCH3 is 1. The summed E-state index contributed by atoms with van der Waals surface area (Å²) >= 11 is 1.12. The maximum Gasteiger partial charge on any atom is 0.263 e. The fourth-order valence-electron chi connectivity index (χ4n) is 4.14. The lowest BCUT2D eigenvalue weighted by Crippen LogP contribution is -2.37. The molecule has 7 nitrogen and oxygen atoms in total. The Balaban J connectivity index is 1.51. The third kappa shape index (κ3) is 5.60. The highest BCUT2D eigenvalue weighted by molar-refractivity contribution is 7.93. The van der Waals surface area contributed by atoms with Crippen molar-refractivity contribution in [2.24, 2.45) is 0 Å². The van der Waals surface area contributed by atoms with Gasteiger partial charge in [-0.05, 0) is 74.1 Å². The van der Waals surface area contributed by atoms with E-state index in [1.807, 2.05) is 43.3 Å². The normalized spacial score (nSPS) is 15.1. The zero-order chi connectivity index (χ0) is 24.1. The van der Waals surface area contributed by atoms with Crippen LogP contribution < -0.4 is 14.8 Å². The molecule has 1 amide bonds. The van der Waals surface area contributed by atoms with E-state index in [1.165, 1.54) is 6.07 Å². The minimum atomic E-state index is -3.90. The van der Waals surface area contributed by atoms with E-state index in [4.69, 9.17) is 4.74 Å². The molecule has 0 bridgehead atoms. The van der Waals surface area contributed by atoms with Gasteiger partial charge in [-0.15, -0.1) is 11.3 Å². The molecule has 0 saturated carbocycles. The number of hydrogen-bond donors (Lipinski definition) is 2. The highest BCUT2D eigenvalue weighted by Gasteiger charge is 2.27. The number of ether oxygens (including phenoxy) is 1. The molecule has 1 aliphatic heterocycles. The molecule has 2 aromatic carbocycles. The average Bonchev–Trinajstić information content (AvgIpc) is 3.54. The quantitative estimate of drug-likeness (QED) is 0.455. The highest BCUT2D eigenvalue weighted by atomic mass is 32.2. The first kappa shape index (κ1) is 24.3. The first-order chi connectivity index (χ1) is 16.4. The predicted octanol–water partition coefficient (Wildman–Crippen LogP) is 4.43. The van der Waals surface area contributed by atoms with E-state index in [2.05, 4.69) is 14.9 Å². The van der Waals surface area contributed by atoms with Gasteiger partial charge in [0.2, 0.25) is 0 Å². The molecule has 1 aliphatic rings. The molecule has 180 valence electrons. The van der Waals surface area contributed by atoms with Crippen molar-refractivity contribution in [3.8, 4) is 5.75 Å². The summed E-state index contributed by atoms with van der Waals surface area (Å²) < 4.78 is 34.0. The summed E-state index contributed by atoms with van der Waals surface area (Å²) in [6.07, 6.45) is 2.23. The van der Waals surface area contributed by atoms with Gasteiger partial charge in [0.05, 0.1) is 13.2 Å². The Kier molecular flexibility index (Phi) is 7.55. The van der Waals surface area contributed by atoms with Crippen LogP contribution in [0.4, 0.5) is 5.69 Å². The number of thiophene rings is 1. The molecule has 1 saturated heterocycles. The van der Waals surface area contributed by atoms with Crippen LogP contribution in [-0.2, 0) is 10.0 Å². The van der Waals surface area contributed by atoms with E-state index in [0.717, 1.165) is 54.1 Å². The van der Waals surface area contributed by atoms with Crippen LogP contribution >= 0.6 is 11.3 Å². The van der Waals surface area contributed by atoms with Crippen LogP contribution in [0.15, 0.2) is 64.9 Å². The molecule has 0 aliphatic carbocycles. The van der Waals surface area contributed by atoms with Crippen LogP contribution in [0.5, 0.6) is 5.75 Å². The summed E-state index contributed by atoms with van der Waals surface area (Å²) in [5, 5.41) is 4.60. The molecule has 9 heteroatoms. The van der Waals surface area contributed by atoms with Crippen molar-refractivity contribution in [1.82, 2.24) is 10.2 Å². The molecule has 3 aromatic rings. The van der Waals surface area contributed by atoms with Gasteiger partial charge in [0, 0.05) is 12.2 Å². The Morgan fingerprint density at radius 3 is 2.56 bits per heavy atom. The van der Waals surface area contributed by atoms with Gasteiger partial charge in [0.25, 0.3) is 15.9 Å². The summed E-state index contributed by atoms with van der Waals surface area (Å²) in [7, 11) is -2.27. The molecule has 0 radical (unpaired) electrons. The summed E-state index contributed by atoms with van der Waals surface area (Å²) in [6.45, 7) is 4.21. The van der Waals surface area contributed by atoms with Gasteiger partial charge in [-0.3, -0.25) is 14.4 Å². The molecule has 4 rings (SSSR count). The minimum Gasteiger partial charge on any atom is -0.497 e. The monoisotopic (exact) mass is 499 g/mol. The van der Waals surface area contributed by atoms with Gasteiger partial charge in [0.15, 0.2) is 0 Å². The molecule has 1 aromatic heterocycles. The summed E-state index contributed by atoms with van der Waals surface area (Å²) in [5.74, 6) is 0.369. The fourth-order valence-corrected chi connectivity index (χ4v) is 6.54. The smallest absolute Gasteiger partial charge is 0.263 e. The molecule has 34 heavy (non-hydrogen) atoms. The van der Waals surface area contributed by atoms with Gasteiger partial charge < -0.3 is 10.1 Å². The van der Waals surface area contributed by atoms with Crippen molar-refractivity contribution < 1.29 is 17.9 Å². The standard InChI is InChI=1S/C25H29N3O4S2/c1-18-8-10-20(11-9-18)27-34(30,31)23-12-15-33-24(23)25(29)26-17-22(28-13-3-4-14-28)19-6-5-7-21(16-19)32-2/h5-12,15-16,22,27H,3-4,13-14,17H2,1-2H3,(H,26,29). The van der Waals surface area contributed by atoms with Crippen LogP contribution in [0.1, 0.15) is 39.7 Å². The van der Waals surface area contributed by atoms with Crippen LogP contribution in [0.3, 0.4) is 0 Å². The SMILES string of the molecule is COc1cccc(C(CNC(=O)c2sccc2S(=O)(=O)Nc2ccc(C)cc2)N2CCCC2)c1. The first-order valence-electron chi connectivity index (χ1n) is 11.2. The van der Waals surface area contributed by atoms with Gasteiger partial charge in [0.1, 0.15) is 15.5 Å². The number of hydrogen-bond acceptors (Lipinski definition) is 6. The van der Waals surface area contributed by atoms with Crippen LogP contribution in [0.25, 0.3) is 0 Å². The van der Waals surface area contributed by atoms with E-state index >= 15 is 0 Å². The van der Waals surface area contributed by atoms with Crippen molar-refractivity contribution in [2.45, 2.75) is 30.7 Å². The van der Waals surface area contributed by atoms with E-state index in [1.54, 1.807) is 24.6 Å². The number of aryl methyl sites for hydroxylation is 1. The number of rotatable bonds is 9. The molecule has 0 spiro atoms. The molecule has 1 fully saturated rings. The van der Waals surface area contributed by atoms with Gasteiger partial charge in [-0.1, -0.05) is 29.8 Å². The Labute approximate surface area is 204 Å². The lowest BCUT2D eigenvalue weighted by Gasteiger charge is -2.28. The molecule has 1 unspecified atom stereocenters. The second-order valence-electron chi connectivity index (χ2n) is 8.33. The third-order valence-corrected chi connectivity index (χ3v) is 8.41. The van der Waals surface area contributed by atoms with Gasteiger partial charge in [-0.2, -0.15) is 0 Å². The second kappa shape index (κ2) is 10.6. The zero-order valence-corrected chi connectivity index (χ0v) is 20.9. The predicted molar refractivity (Wildman–Crippen MR) is 135 cm³/mol. The van der Waals surface area contributed by atoms with E-state index < -0.39 is 15.9 Å². The number of likely N-dealkylation sites (tertiary alicyclic amines) is 1. The maximum absolute atomic E-state index is 13.1. The number of anilines is 1. The van der Waals surface area contributed by atoms with Crippen molar-refractivity contribution in [1.29, 1.82) is 0 Å². The molecule has 1 atom stereocenters. The minimum absolute atomic E-state index is 0.0188. The summed E-state index contributed by atoms with van der Waals surface area (Å²) in [4.78, 5) is 15.6. The number of nitrogens with zero attached hydrogens (tertiary/aromatic N) is 1. The van der Waals surface area contributed by atoms with E-state index in [0.29, 0.717) is 12.2 Å². The van der Waals surface area contributed by atoms with Crippen LogP contribution in [0, 0.1) is 6.92 Å². The topological polar surface area (TPSA) is 87.7 Å². The van der Waals surface area contributed by atoms with E-state index in [9.17, 15) is 13.2 Å². The van der Waals surface area contributed by atoms with Crippen LogP contribution in [0.2, 0.25) is 0 Å². The number of amides is 1. The van der Waals surface area contributed by atoms with Crippen molar-refractivity contribution >= 4 is 33.0 Å². The highest BCUT2D eigenvalue weighted by Crippen LogP contribution is 2.28. The summed E-state index contributed by atoms with van der Waals surface area (Å²) in [5.41, 5.74) is 2.54. The third-order valence-electron chi connectivity index (χ3n) is 5.94. The Bertz CT molecular complexity index is 1230. The number of carbonyl (C=O) groups excluding carboxylic acids is 1. The lowest BCUT2D eigenvalue weighted by atomic mass is 10.0. The summed E-state index contributed by atoms with van der Waals surface area (Å²) in [6, 6.07) is 16.4. The molecular formula is C25H29N3O4S2. The van der Waals surface area contributed by atoms with Crippen LogP contribution in [-0.4, -0.2) is 46.0 Å². The largest absolute Gasteiger partial charge is 0.497 e. The van der Waals surface area contributed by atoms with Crippen molar-refractivity contribution in [2.75, 3.05) is 31.5 Å². The molecular weight excluding hydrogens is 470 g/mol. The Morgan fingerprint density at radius 1 is 1.12 bits per heavy atom. The van der Waals surface area contributed by atoms with Gasteiger partial charge in [-0.25, -0.2) is 8.42 Å². The van der Waals surface area contributed by atoms with Crippen molar-refractivity contribution in [3.05, 3.63) is 76.0 Å². The maximum atomic E-state index is 13.1. The zero-order valence-electron chi connectivity index (χ0n) is 19.3. The molecule has 2 N–H and O–H groups in total. The molecule has 2 heterocycles. The Morgan fingerprint density at radius 2 is 1.85 bits per heavy atom. The first-order valence-corrected chi connectivity index (χ1v) is 13.6. The Hall–Kier alpha value is -2.88. The lowest BCUT2D eigenvalue weighted by molar-refractivity contribution is 0.0939. The second-order valence-corrected chi connectivity index (χ2v) is 10.9. The number of benzene rings is 2. The average molecular weight is 500 g/mol.